The second-order valence-electron chi connectivity index (χ2n) is 4.16. The van der Waals surface area contributed by atoms with Gasteiger partial charge in [0.15, 0.2) is 11.6 Å². The van der Waals surface area contributed by atoms with Crippen LogP contribution in [0.2, 0.25) is 0 Å². The molecule has 0 aliphatic rings. The summed E-state index contributed by atoms with van der Waals surface area (Å²) in [6.45, 7) is 4.03. The van der Waals surface area contributed by atoms with Crippen LogP contribution >= 0.6 is 0 Å². The van der Waals surface area contributed by atoms with Gasteiger partial charge < -0.3 is 10.1 Å². The fraction of sp³-hybridized carbons (Fsp3) is 0.357. The van der Waals surface area contributed by atoms with E-state index in [1.54, 1.807) is 6.07 Å². The van der Waals surface area contributed by atoms with Crippen molar-refractivity contribution >= 4 is 16.6 Å². The zero-order chi connectivity index (χ0) is 13.3. The van der Waals surface area contributed by atoms with Crippen LogP contribution in [0.15, 0.2) is 12.1 Å². The van der Waals surface area contributed by atoms with Crippen LogP contribution in [0.3, 0.4) is 0 Å². The Hall–Kier alpha value is -1.84. The van der Waals surface area contributed by atoms with E-state index < -0.39 is 0 Å². The number of benzene rings is 1. The number of ether oxygens (including phenoxy) is 1. The second kappa shape index (κ2) is 4.80. The molecule has 96 valence electrons. The average molecular weight is 248 g/mol. The van der Waals surface area contributed by atoms with Crippen molar-refractivity contribution in [3.63, 3.8) is 0 Å². The van der Waals surface area contributed by atoms with Crippen LogP contribution in [0.5, 0.6) is 5.75 Å². The molecule has 0 amide bonds. The van der Waals surface area contributed by atoms with Crippen LogP contribution in [0, 0.1) is 12.7 Å². The van der Waals surface area contributed by atoms with Crippen molar-refractivity contribution in [1.82, 2.24) is 4.98 Å². The van der Waals surface area contributed by atoms with Crippen molar-refractivity contribution < 1.29 is 9.13 Å². The van der Waals surface area contributed by atoms with E-state index in [0.717, 1.165) is 28.8 Å². The number of rotatable bonds is 3. The molecule has 1 N–H and O–H groups in total. The Kier molecular flexibility index (Phi) is 3.36. The first kappa shape index (κ1) is 12.6. The van der Waals surface area contributed by atoms with Gasteiger partial charge in [-0.3, -0.25) is 4.98 Å². The van der Waals surface area contributed by atoms with E-state index in [9.17, 15) is 4.39 Å². The maximum absolute atomic E-state index is 13.7. The molecule has 0 aliphatic heterocycles. The lowest BCUT2D eigenvalue weighted by molar-refractivity contribution is 0.387. The van der Waals surface area contributed by atoms with Gasteiger partial charge in [0, 0.05) is 29.9 Å². The normalized spacial score (nSPS) is 10.7. The number of pyridine rings is 1. The number of fused-ring (bicyclic) bond motifs is 1. The number of anilines is 1. The summed E-state index contributed by atoms with van der Waals surface area (Å²) < 4.78 is 18.7. The highest BCUT2D eigenvalue weighted by Crippen LogP contribution is 2.32. The van der Waals surface area contributed by atoms with Gasteiger partial charge in [0.05, 0.1) is 12.6 Å². The molecule has 0 aliphatic carbocycles. The number of halogens is 1. The standard InChI is InChI=1S/C14H17FN2O/c1-5-9-8(2)17-12-7-11(15)13(18-4)6-10(12)14(9)16-3/h6-7H,5H2,1-4H3,(H,16,17). The van der Waals surface area contributed by atoms with Crippen molar-refractivity contribution in [2.45, 2.75) is 20.3 Å². The minimum Gasteiger partial charge on any atom is -0.494 e. The molecule has 0 spiro atoms. The Balaban J connectivity index is 2.85. The van der Waals surface area contributed by atoms with Gasteiger partial charge in [-0.15, -0.1) is 0 Å². The maximum Gasteiger partial charge on any atom is 0.167 e. The molecule has 2 rings (SSSR count). The van der Waals surface area contributed by atoms with Crippen molar-refractivity contribution in [3.8, 4) is 5.75 Å². The lowest BCUT2D eigenvalue weighted by Gasteiger charge is -2.14. The van der Waals surface area contributed by atoms with E-state index >= 15 is 0 Å². The van der Waals surface area contributed by atoms with Crippen LogP contribution < -0.4 is 10.1 Å². The van der Waals surface area contributed by atoms with Crippen molar-refractivity contribution in [2.24, 2.45) is 0 Å². The van der Waals surface area contributed by atoms with Crippen LogP contribution in [0.1, 0.15) is 18.2 Å². The maximum atomic E-state index is 13.7. The van der Waals surface area contributed by atoms with Gasteiger partial charge in [-0.25, -0.2) is 4.39 Å². The number of hydrogen-bond acceptors (Lipinski definition) is 3. The predicted octanol–water partition coefficient (Wildman–Crippen LogP) is 3.30. The Morgan fingerprint density at radius 3 is 2.67 bits per heavy atom. The number of aryl methyl sites for hydroxylation is 1. The number of methoxy groups -OCH3 is 1. The van der Waals surface area contributed by atoms with E-state index in [4.69, 9.17) is 4.74 Å². The summed E-state index contributed by atoms with van der Waals surface area (Å²) in [5, 5.41) is 4.07. The lowest BCUT2D eigenvalue weighted by Crippen LogP contribution is -2.02. The van der Waals surface area contributed by atoms with Crippen molar-refractivity contribution in [2.75, 3.05) is 19.5 Å². The number of aromatic nitrogens is 1. The van der Waals surface area contributed by atoms with Gasteiger partial charge in [-0.05, 0) is 25.0 Å². The molecule has 0 fully saturated rings. The molecule has 0 unspecified atom stereocenters. The predicted molar refractivity (Wildman–Crippen MR) is 71.9 cm³/mol. The number of hydrogen-bond donors (Lipinski definition) is 1. The Morgan fingerprint density at radius 2 is 2.11 bits per heavy atom. The van der Waals surface area contributed by atoms with Crippen LogP contribution in [-0.2, 0) is 6.42 Å². The Labute approximate surface area is 106 Å². The van der Waals surface area contributed by atoms with Gasteiger partial charge in [0.1, 0.15) is 0 Å². The molecule has 0 saturated heterocycles. The number of nitrogens with zero attached hydrogens (tertiary/aromatic N) is 1. The molecule has 0 bridgehead atoms. The van der Waals surface area contributed by atoms with E-state index in [-0.39, 0.29) is 11.6 Å². The van der Waals surface area contributed by atoms with Gasteiger partial charge >= 0.3 is 0 Å². The van der Waals surface area contributed by atoms with Crippen LogP contribution in [-0.4, -0.2) is 19.1 Å². The Bertz CT molecular complexity index is 591. The fourth-order valence-corrected chi connectivity index (χ4v) is 2.30. The van der Waals surface area contributed by atoms with Crippen LogP contribution in [0.25, 0.3) is 10.9 Å². The average Bonchev–Trinajstić information content (AvgIpc) is 2.36. The third-order valence-electron chi connectivity index (χ3n) is 3.17. The first-order chi connectivity index (χ1) is 8.62. The third kappa shape index (κ3) is 1.88. The largest absolute Gasteiger partial charge is 0.494 e. The highest BCUT2D eigenvalue weighted by molar-refractivity contribution is 5.94. The molecule has 18 heavy (non-hydrogen) atoms. The topological polar surface area (TPSA) is 34.1 Å². The monoisotopic (exact) mass is 248 g/mol. The van der Waals surface area contributed by atoms with E-state index in [1.807, 2.05) is 14.0 Å². The fourth-order valence-electron chi connectivity index (χ4n) is 2.30. The SMILES string of the molecule is CCc1c(C)nc2cc(F)c(OC)cc2c1NC. The molecule has 1 aromatic heterocycles. The zero-order valence-corrected chi connectivity index (χ0v) is 11.1. The summed E-state index contributed by atoms with van der Waals surface area (Å²) in [6.07, 6.45) is 0.880. The first-order valence-corrected chi connectivity index (χ1v) is 5.96. The summed E-state index contributed by atoms with van der Waals surface area (Å²) in [6, 6.07) is 3.11. The zero-order valence-electron chi connectivity index (χ0n) is 11.1. The second-order valence-corrected chi connectivity index (χ2v) is 4.16. The van der Waals surface area contributed by atoms with Crippen molar-refractivity contribution in [3.05, 3.63) is 29.2 Å². The quantitative estimate of drug-likeness (QED) is 0.905. The van der Waals surface area contributed by atoms with E-state index in [1.165, 1.54) is 13.2 Å². The van der Waals surface area contributed by atoms with Crippen LogP contribution in [0.4, 0.5) is 10.1 Å². The van der Waals surface area contributed by atoms with Gasteiger partial charge in [0.2, 0.25) is 0 Å². The molecule has 4 heteroatoms. The van der Waals surface area contributed by atoms with Gasteiger partial charge in [0.25, 0.3) is 0 Å². The summed E-state index contributed by atoms with van der Waals surface area (Å²) in [5.74, 6) is -0.144. The summed E-state index contributed by atoms with van der Waals surface area (Å²) in [7, 11) is 3.33. The molecule has 1 aromatic carbocycles. The summed E-state index contributed by atoms with van der Waals surface area (Å²) in [5.41, 5.74) is 3.73. The Morgan fingerprint density at radius 1 is 1.39 bits per heavy atom. The smallest absolute Gasteiger partial charge is 0.167 e. The number of nitrogens with one attached hydrogen (secondary N) is 1. The van der Waals surface area contributed by atoms with E-state index in [0.29, 0.717) is 5.52 Å². The first-order valence-electron chi connectivity index (χ1n) is 5.96. The molecule has 1 heterocycles. The molecule has 0 radical (unpaired) electrons. The molecular weight excluding hydrogens is 231 g/mol. The van der Waals surface area contributed by atoms with E-state index in [2.05, 4.69) is 17.2 Å². The highest BCUT2D eigenvalue weighted by atomic mass is 19.1. The van der Waals surface area contributed by atoms with Crippen molar-refractivity contribution in [1.29, 1.82) is 0 Å². The molecule has 0 saturated carbocycles. The molecule has 3 nitrogen and oxygen atoms in total. The molecular formula is C14H17FN2O. The van der Waals surface area contributed by atoms with Gasteiger partial charge in [-0.1, -0.05) is 6.92 Å². The molecule has 0 atom stereocenters. The summed E-state index contributed by atoms with van der Waals surface area (Å²) >= 11 is 0. The lowest BCUT2D eigenvalue weighted by atomic mass is 10.0. The van der Waals surface area contributed by atoms with Gasteiger partial charge in [-0.2, -0.15) is 0 Å². The summed E-state index contributed by atoms with van der Waals surface area (Å²) in [4.78, 5) is 4.46. The highest BCUT2D eigenvalue weighted by Gasteiger charge is 2.13. The molecule has 2 aromatic rings. The minimum absolute atomic E-state index is 0.242. The third-order valence-corrected chi connectivity index (χ3v) is 3.17. The minimum atomic E-state index is -0.386.